The van der Waals surface area contributed by atoms with Crippen LogP contribution >= 0.6 is 0 Å². The molecule has 1 heterocycles. The van der Waals surface area contributed by atoms with Gasteiger partial charge in [-0.25, -0.2) is 4.68 Å². The van der Waals surface area contributed by atoms with E-state index in [1.165, 1.54) is 4.68 Å². The van der Waals surface area contributed by atoms with Crippen LogP contribution < -0.4 is 5.11 Å². The number of hydrogen-bond acceptors (Lipinski definition) is 3. The van der Waals surface area contributed by atoms with Crippen LogP contribution in [0.5, 0.6) is 5.88 Å². The minimum atomic E-state index is -0.392. The third kappa shape index (κ3) is 2.77. The highest BCUT2D eigenvalue weighted by molar-refractivity contribution is 6.12. The minimum Gasteiger partial charge on any atom is -0.858 e. The number of carbonyl (C=O) groups excluding carboxylic acids is 1. The number of benzene rings is 4. The second-order valence-electron chi connectivity index (χ2n) is 7.07. The van der Waals surface area contributed by atoms with Gasteiger partial charge in [-0.2, -0.15) is 5.10 Å². The molecule has 4 nitrogen and oxygen atoms in total. The summed E-state index contributed by atoms with van der Waals surface area (Å²) in [4.78, 5) is 13.2. The first-order valence-electron chi connectivity index (χ1n) is 9.42. The van der Waals surface area contributed by atoms with Crippen molar-refractivity contribution in [1.82, 2.24) is 9.78 Å². The number of nitrogens with zero attached hydrogens (tertiary/aromatic N) is 2. The molecule has 0 aliphatic carbocycles. The fourth-order valence-electron chi connectivity index (χ4n) is 3.80. The SMILES string of the molecule is Cc1nn(-c2cccc3ccccc23)c([O-])c1C(=O)c1ccc2ccccc2c1. The average Bonchev–Trinajstić information content (AvgIpc) is 3.06. The van der Waals surface area contributed by atoms with Crippen LogP contribution in [0, 0.1) is 6.92 Å². The molecular formula is C25H17N2O2-. The van der Waals surface area contributed by atoms with Gasteiger partial charge in [-0.3, -0.25) is 4.79 Å². The van der Waals surface area contributed by atoms with Crippen LogP contribution in [0.2, 0.25) is 0 Å². The molecule has 0 aliphatic heterocycles. The zero-order chi connectivity index (χ0) is 20.0. The number of rotatable bonds is 3. The van der Waals surface area contributed by atoms with Crippen molar-refractivity contribution >= 4 is 27.3 Å². The second-order valence-corrected chi connectivity index (χ2v) is 7.07. The van der Waals surface area contributed by atoms with Gasteiger partial charge in [-0.1, -0.05) is 72.8 Å². The highest BCUT2D eigenvalue weighted by Gasteiger charge is 2.19. The minimum absolute atomic E-state index is 0.119. The molecule has 0 spiro atoms. The number of fused-ring (bicyclic) bond motifs is 2. The molecule has 29 heavy (non-hydrogen) atoms. The lowest BCUT2D eigenvalue weighted by atomic mass is 10.00. The van der Waals surface area contributed by atoms with Gasteiger partial charge in [0.25, 0.3) is 0 Å². The first kappa shape index (κ1) is 17.2. The molecule has 1 aromatic heterocycles. The topological polar surface area (TPSA) is 57.9 Å². The molecule has 0 saturated carbocycles. The zero-order valence-electron chi connectivity index (χ0n) is 15.8. The Bertz CT molecular complexity index is 1390. The second kappa shape index (κ2) is 6.60. The summed E-state index contributed by atoms with van der Waals surface area (Å²) in [5, 5.41) is 21.6. The fourth-order valence-corrected chi connectivity index (χ4v) is 3.80. The molecule has 140 valence electrons. The molecule has 0 atom stereocenters. The van der Waals surface area contributed by atoms with E-state index in [0.29, 0.717) is 16.9 Å². The highest BCUT2D eigenvalue weighted by atomic mass is 16.3. The maximum absolute atomic E-state index is 13.2. The Morgan fingerprint density at radius 3 is 2.34 bits per heavy atom. The van der Waals surface area contributed by atoms with Crippen LogP contribution in [0.1, 0.15) is 21.6 Å². The van der Waals surface area contributed by atoms with E-state index >= 15 is 0 Å². The molecule has 0 N–H and O–H groups in total. The molecular weight excluding hydrogens is 360 g/mol. The fraction of sp³-hybridized carbons (Fsp3) is 0.0400. The van der Waals surface area contributed by atoms with Crippen LogP contribution in [-0.4, -0.2) is 15.6 Å². The normalized spacial score (nSPS) is 11.2. The molecule has 5 aromatic rings. The molecule has 4 aromatic carbocycles. The Morgan fingerprint density at radius 2 is 1.52 bits per heavy atom. The molecule has 0 bridgehead atoms. The van der Waals surface area contributed by atoms with Gasteiger partial charge < -0.3 is 5.11 Å². The lowest BCUT2D eigenvalue weighted by Crippen LogP contribution is -2.09. The molecule has 0 unspecified atom stereocenters. The summed E-state index contributed by atoms with van der Waals surface area (Å²) < 4.78 is 1.34. The first-order chi connectivity index (χ1) is 14.1. The Labute approximate surface area is 167 Å². The van der Waals surface area contributed by atoms with Gasteiger partial charge in [0, 0.05) is 16.8 Å². The van der Waals surface area contributed by atoms with Crippen LogP contribution in [0.3, 0.4) is 0 Å². The standard InChI is InChI=1S/C25H18N2O2/c1-16-23(24(28)20-14-13-17-7-2-3-9-19(17)15-20)25(29)27(26-16)22-12-6-10-18-8-4-5-11-21(18)22/h2-15,29H,1H3/p-1. The van der Waals surface area contributed by atoms with Gasteiger partial charge >= 0.3 is 0 Å². The number of carbonyl (C=O) groups is 1. The van der Waals surface area contributed by atoms with Crippen molar-refractivity contribution in [1.29, 1.82) is 0 Å². The molecule has 0 amide bonds. The maximum atomic E-state index is 13.2. The highest BCUT2D eigenvalue weighted by Crippen LogP contribution is 2.29. The molecule has 5 rings (SSSR count). The zero-order valence-corrected chi connectivity index (χ0v) is 15.8. The van der Waals surface area contributed by atoms with Crippen molar-refractivity contribution < 1.29 is 9.90 Å². The van der Waals surface area contributed by atoms with E-state index < -0.39 is 5.88 Å². The molecule has 0 saturated heterocycles. The summed E-state index contributed by atoms with van der Waals surface area (Å²) in [5.41, 5.74) is 1.71. The quantitative estimate of drug-likeness (QED) is 0.425. The van der Waals surface area contributed by atoms with Gasteiger partial charge in [-0.05, 0) is 35.2 Å². The smallest absolute Gasteiger partial charge is 0.195 e. The average molecular weight is 377 g/mol. The Morgan fingerprint density at radius 1 is 0.828 bits per heavy atom. The van der Waals surface area contributed by atoms with E-state index in [2.05, 4.69) is 5.10 Å². The van der Waals surface area contributed by atoms with Crippen molar-refractivity contribution in [3.8, 4) is 11.6 Å². The number of hydrogen-bond donors (Lipinski definition) is 0. The van der Waals surface area contributed by atoms with E-state index in [4.69, 9.17) is 0 Å². The Kier molecular flexibility index (Phi) is 3.91. The van der Waals surface area contributed by atoms with E-state index in [-0.39, 0.29) is 11.3 Å². The predicted octanol–water partition coefficient (Wildman–Crippen LogP) is 4.79. The van der Waals surface area contributed by atoms with Gasteiger partial charge in [0.1, 0.15) is 0 Å². The monoisotopic (exact) mass is 377 g/mol. The first-order valence-corrected chi connectivity index (χ1v) is 9.42. The van der Waals surface area contributed by atoms with Gasteiger partial charge in [0.2, 0.25) is 0 Å². The largest absolute Gasteiger partial charge is 0.858 e. The lowest BCUT2D eigenvalue weighted by Gasteiger charge is -2.14. The maximum Gasteiger partial charge on any atom is 0.195 e. The van der Waals surface area contributed by atoms with Gasteiger partial charge in [0.15, 0.2) is 5.78 Å². The van der Waals surface area contributed by atoms with E-state index in [1.807, 2.05) is 78.9 Å². The summed E-state index contributed by atoms with van der Waals surface area (Å²) in [6.07, 6.45) is 0. The molecule has 0 radical (unpaired) electrons. The Hall–Kier alpha value is -3.92. The van der Waals surface area contributed by atoms with Gasteiger partial charge in [0.05, 0.1) is 16.9 Å². The van der Waals surface area contributed by atoms with Crippen LogP contribution in [-0.2, 0) is 0 Å². The third-order valence-electron chi connectivity index (χ3n) is 5.25. The lowest BCUT2D eigenvalue weighted by molar-refractivity contribution is -0.278. The summed E-state index contributed by atoms with van der Waals surface area (Å²) in [6, 6.07) is 26.9. The summed E-state index contributed by atoms with van der Waals surface area (Å²) >= 11 is 0. The summed E-state index contributed by atoms with van der Waals surface area (Å²) in [6.45, 7) is 1.71. The number of aryl methyl sites for hydroxylation is 1. The van der Waals surface area contributed by atoms with Crippen molar-refractivity contribution in [3.63, 3.8) is 0 Å². The Balaban J connectivity index is 1.65. The van der Waals surface area contributed by atoms with Crippen LogP contribution in [0.25, 0.3) is 27.2 Å². The van der Waals surface area contributed by atoms with Crippen LogP contribution in [0.15, 0.2) is 84.9 Å². The van der Waals surface area contributed by atoms with E-state index in [0.717, 1.165) is 21.5 Å². The van der Waals surface area contributed by atoms with Crippen molar-refractivity contribution in [2.75, 3.05) is 0 Å². The van der Waals surface area contributed by atoms with Crippen LogP contribution in [0.4, 0.5) is 0 Å². The molecule has 0 fully saturated rings. The van der Waals surface area contributed by atoms with Crippen molar-refractivity contribution in [2.45, 2.75) is 6.92 Å². The summed E-state index contributed by atoms with van der Waals surface area (Å²) in [7, 11) is 0. The number of aromatic nitrogens is 2. The summed E-state index contributed by atoms with van der Waals surface area (Å²) in [5.74, 6) is -0.693. The number of ketones is 1. The van der Waals surface area contributed by atoms with Crippen molar-refractivity contribution in [2.24, 2.45) is 0 Å². The van der Waals surface area contributed by atoms with E-state index in [9.17, 15) is 9.90 Å². The van der Waals surface area contributed by atoms with Crippen molar-refractivity contribution in [3.05, 3.63) is 102 Å². The molecule has 4 heteroatoms. The van der Waals surface area contributed by atoms with E-state index in [1.54, 1.807) is 13.0 Å². The van der Waals surface area contributed by atoms with Gasteiger partial charge in [-0.15, -0.1) is 0 Å². The predicted molar refractivity (Wildman–Crippen MR) is 113 cm³/mol. The third-order valence-corrected chi connectivity index (χ3v) is 5.25. The molecule has 0 aliphatic rings.